The molecule has 4 heteroatoms. The molecular formula is C21H20FNO2. The van der Waals surface area contributed by atoms with Crippen molar-refractivity contribution in [1.82, 2.24) is 0 Å². The summed E-state index contributed by atoms with van der Waals surface area (Å²) >= 11 is 0. The summed E-state index contributed by atoms with van der Waals surface area (Å²) in [6.45, 7) is 6.42. The zero-order valence-electron chi connectivity index (χ0n) is 14.5. The van der Waals surface area contributed by atoms with Crippen molar-refractivity contribution in [3.05, 3.63) is 77.8 Å². The van der Waals surface area contributed by atoms with Crippen LogP contribution in [0.2, 0.25) is 0 Å². The maximum absolute atomic E-state index is 13.0. The highest BCUT2D eigenvalue weighted by molar-refractivity contribution is 6.02. The van der Waals surface area contributed by atoms with Crippen molar-refractivity contribution in [2.24, 2.45) is 0 Å². The third-order valence-electron chi connectivity index (χ3n) is 3.97. The van der Waals surface area contributed by atoms with Crippen LogP contribution in [0.1, 0.15) is 36.9 Å². The van der Waals surface area contributed by atoms with Gasteiger partial charge in [-0.3, -0.25) is 4.79 Å². The van der Waals surface area contributed by atoms with Gasteiger partial charge in [0.05, 0.1) is 0 Å². The topological polar surface area (TPSA) is 42.2 Å². The number of amides is 1. The number of carbonyl (C=O) groups excluding carboxylic acids is 1. The van der Waals surface area contributed by atoms with E-state index in [1.165, 1.54) is 17.7 Å². The van der Waals surface area contributed by atoms with Gasteiger partial charge in [-0.25, -0.2) is 4.39 Å². The molecule has 25 heavy (non-hydrogen) atoms. The van der Waals surface area contributed by atoms with Crippen LogP contribution in [0.3, 0.4) is 0 Å². The van der Waals surface area contributed by atoms with Crippen LogP contribution in [0, 0.1) is 5.82 Å². The minimum Gasteiger partial charge on any atom is -0.451 e. The van der Waals surface area contributed by atoms with Crippen LogP contribution in [0.4, 0.5) is 10.1 Å². The average molecular weight is 337 g/mol. The van der Waals surface area contributed by atoms with E-state index in [0.29, 0.717) is 11.4 Å². The predicted molar refractivity (Wildman–Crippen MR) is 97.2 cm³/mol. The Balaban J connectivity index is 1.72. The minimum atomic E-state index is -0.322. The van der Waals surface area contributed by atoms with E-state index in [0.717, 1.165) is 5.56 Å². The summed E-state index contributed by atoms with van der Waals surface area (Å²) in [5.74, 6) is 0.0938. The number of hydrogen-bond acceptors (Lipinski definition) is 2. The number of carbonyl (C=O) groups is 1. The zero-order chi connectivity index (χ0) is 18.0. The molecule has 0 saturated heterocycles. The first-order valence-corrected chi connectivity index (χ1v) is 8.10. The first-order valence-electron chi connectivity index (χ1n) is 8.10. The molecule has 0 aliphatic rings. The highest BCUT2D eigenvalue weighted by Crippen LogP contribution is 2.25. The van der Waals surface area contributed by atoms with Crippen LogP contribution in [-0.2, 0) is 5.41 Å². The molecule has 0 fully saturated rings. The van der Waals surface area contributed by atoms with E-state index in [2.05, 4.69) is 26.1 Å². The van der Waals surface area contributed by atoms with Gasteiger partial charge in [-0.1, -0.05) is 32.9 Å². The monoisotopic (exact) mass is 337 g/mol. The maximum Gasteiger partial charge on any atom is 0.291 e. The summed E-state index contributed by atoms with van der Waals surface area (Å²) in [6, 6.07) is 17.0. The lowest BCUT2D eigenvalue weighted by molar-refractivity contribution is 0.0997. The number of nitrogens with one attached hydrogen (secondary N) is 1. The summed E-state index contributed by atoms with van der Waals surface area (Å²) in [5.41, 5.74) is 2.68. The number of anilines is 1. The summed E-state index contributed by atoms with van der Waals surface area (Å²) < 4.78 is 18.6. The van der Waals surface area contributed by atoms with Gasteiger partial charge in [0.2, 0.25) is 0 Å². The number of benzene rings is 2. The molecule has 1 heterocycles. The summed E-state index contributed by atoms with van der Waals surface area (Å²) in [6.07, 6.45) is 0. The van der Waals surface area contributed by atoms with Gasteiger partial charge in [-0.2, -0.15) is 0 Å². The van der Waals surface area contributed by atoms with E-state index in [1.807, 2.05) is 24.3 Å². The van der Waals surface area contributed by atoms with E-state index in [-0.39, 0.29) is 22.9 Å². The van der Waals surface area contributed by atoms with Gasteiger partial charge < -0.3 is 9.73 Å². The standard InChI is InChI=1S/C21H20FNO2/c1-21(2,3)15-6-10-17(11-7-15)23-20(24)19-13-12-18(25-19)14-4-8-16(22)9-5-14/h4-13H,1-3H3,(H,23,24). The molecule has 0 atom stereocenters. The van der Waals surface area contributed by atoms with Crippen LogP contribution in [0.25, 0.3) is 11.3 Å². The second-order valence-electron chi connectivity index (χ2n) is 6.95. The fourth-order valence-corrected chi connectivity index (χ4v) is 2.48. The fraction of sp³-hybridized carbons (Fsp3) is 0.190. The van der Waals surface area contributed by atoms with E-state index in [9.17, 15) is 9.18 Å². The third-order valence-corrected chi connectivity index (χ3v) is 3.97. The number of furan rings is 1. The smallest absolute Gasteiger partial charge is 0.291 e. The van der Waals surface area contributed by atoms with Crippen molar-refractivity contribution in [3.63, 3.8) is 0 Å². The molecule has 1 N–H and O–H groups in total. The summed E-state index contributed by atoms with van der Waals surface area (Å²) in [5, 5.41) is 2.82. The molecule has 0 spiro atoms. The predicted octanol–water partition coefficient (Wildman–Crippen LogP) is 5.64. The van der Waals surface area contributed by atoms with E-state index in [4.69, 9.17) is 4.42 Å². The lowest BCUT2D eigenvalue weighted by atomic mass is 9.87. The Kier molecular flexibility index (Phi) is 4.45. The van der Waals surface area contributed by atoms with Gasteiger partial charge in [-0.05, 0) is 59.5 Å². The van der Waals surface area contributed by atoms with E-state index in [1.54, 1.807) is 24.3 Å². The Morgan fingerprint density at radius 2 is 1.56 bits per heavy atom. The quantitative estimate of drug-likeness (QED) is 0.672. The first-order chi connectivity index (χ1) is 11.8. The number of rotatable bonds is 3. The maximum atomic E-state index is 13.0. The lowest BCUT2D eigenvalue weighted by Gasteiger charge is -2.19. The second kappa shape index (κ2) is 6.55. The number of hydrogen-bond donors (Lipinski definition) is 1. The van der Waals surface area contributed by atoms with Crippen molar-refractivity contribution in [2.75, 3.05) is 5.32 Å². The summed E-state index contributed by atoms with van der Waals surface area (Å²) in [4.78, 5) is 12.3. The van der Waals surface area contributed by atoms with Gasteiger partial charge in [-0.15, -0.1) is 0 Å². The first kappa shape index (κ1) is 17.0. The molecule has 0 bridgehead atoms. The minimum absolute atomic E-state index is 0.0631. The van der Waals surface area contributed by atoms with Gasteiger partial charge >= 0.3 is 0 Å². The van der Waals surface area contributed by atoms with Crippen molar-refractivity contribution in [2.45, 2.75) is 26.2 Å². The Morgan fingerprint density at radius 3 is 2.16 bits per heavy atom. The van der Waals surface area contributed by atoms with Crippen molar-refractivity contribution >= 4 is 11.6 Å². The molecule has 2 aromatic carbocycles. The van der Waals surface area contributed by atoms with Crippen LogP contribution in [-0.4, -0.2) is 5.91 Å². The molecule has 0 aliphatic heterocycles. The van der Waals surface area contributed by atoms with E-state index >= 15 is 0 Å². The molecule has 3 rings (SSSR count). The Hall–Kier alpha value is -2.88. The van der Waals surface area contributed by atoms with Crippen LogP contribution in [0.5, 0.6) is 0 Å². The third kappa shape index (κ3) is 3.97. The molecule has 1 aromatic heterocycles. The zero-order valence-corrected chi connectivity index (χ0v) is 14.5. The van der Waals surface area contributed by atoms with Gasteiger partial charge in [0.1, 0.15) is 11.6 Å². The van der Waals surface area contributed by atoms with Crippen LogP contribution in [0.15, 0.2) is 65.1 Å². The molecule has 3 nitrogen and oxygen atoms in total. The van der Waals surface area contributed by atoms with Gasteiger partial charge in [0.25, 0.3) is 5.91 Å². The molecule has 128 valence electrons. The number of halogens is 1. The fourth-order valence-electron chi connectivity index (χ4n) is 2.48. The molecule has 0 saturated carbocycles. The normalized spacial score (nSPS) is 11.4. The molecule has 0 unspecified atom stereocenters. The van der Waals surface area contributed by atoms with Crippen molar-refractivity contribution < 1.29 is 13.6 Å². The Morgan fingerprint density at radius 1 is 0.920 bits per heavy atom. The molecular weight excluding hydrogens is 317 g/mol. The van der Waals surface area contributed by atoms with E-state index < -0.39 is 0 Å². The largest absolute Gasteiger partial charge is 0.451 e. The Labute approximate surface area is 146 Å². The van der Waals surface area contributed by atoms with Gasteiger partial charge in [0, 0.05) is 11.3 Å². The molecule has 1 amide bonds. The lowest BCUT2D eigenvalue weighted by Crippen LogP contribution is -2.13. The van der Waals surface area contributed by atoms with Crippen molar-refractivity contribution in [1.29, 1.82) is 0 Å². The highest BCUT2D eigenvalue weighted by atomic mass is 19.1. The SMILES string of the molecule is CC(C)(C)c1ccc(NC(=O)c2ccc(-c3ccc(F)cc3)o2)cc1. The average Bonchev–Trinajstić information content (AvgIpc) is 3.05. The van der Waals surface area contributed by atoms with Crippen LogP contribution < -0.4 is 5.32 Å². The second-order valence-corrected chi connectivity index (χ2v) is 6.95. The molecule has 0 radical (unpaired) electrons. The van der Waals surface area contributed by atoms with Crippen molar-refractivity contribution in [3.8, 4) is 11.3 Å². The summed E-state index contributed by atoms with van der Waals surface area (Å²) in [7, 11) is 0. The molecule has 3 aromatic rings. The van der Waals surface area contributed by atoms with Gasteiger partial charge in [0.15, 0.2) is 5.76 Å². The Bertz CT molecular complexity index is 872. The highest BCUT2D eigenvalue weighted by Gasteiger charge is 2.15. The van der Waals surface area contributed by atoms with Crippen LogP contribution >= 0.6 is 0 Å². The molecule has 0 aliphatic carbocycles.